The van der Waals surface area contributed by atoms with Gasteiger partial charge in [0.2, 0.25) is 11.8 Å². The topological polar surface area (TPSA) is 67.4 Å². The number of hydrogen-bond acceptors (Lipinski definition) is 3. The Kier molecular flexibility index (Phi) is 6.54. The van der Waals surface area contributed by atoms with Gasteiger partial charge in [-0.15, -0.1) is 0 Å². The summed E-state index contributed by atoms with van der Waals surface area (Å²) < 4.78 is 4.74. The number of carbonyl (C=O) groups is 2. The fourth-order valence-corrected chi connectivity index (χ4v) is 2.12. The molecule has 24 heavy (non-hydrogen) atoms. The van der Waals surface area contributed by atoms with E-state index in [0.29, 0.717) is 16.4 Å². The molecule has 2 aromatic rings. The van der Waals surface area contributed by atoms with Gasteiger partial charge in [-0.05, 0) is 42.0 Å². The lowest BCUT2D eigenvalue weighted by Gasteiger charge is -2.06. The molecule has 2 amide bonds. The van der Waals surface area contributed by atoms with E-state index in [1.807, 2.05) is 18.2 Å². The maximum atomic E-state index is 11.9. The molecular formula is C18H17ClN2O3. The lowest BCUT2D eigenvalue weighted by molar-refractivity contribution is -0.119. The normalized spacial score (nSPS) is 10.6. The van der Waals surface area contributed by atoms with Crippen LogP contribution in [0.1, 0.15) is 5.56 Å². The predicted molar refractivity (Wildman–Crippen MR) is 96.1 cm³/mol. The first-order valence-electron chi connectivity index (χ1n) is 7.21. The fourth-order valence-electron chi connectivity index (χ4n) is 1.92. The van der Waals surface area contributed by atoms with Crippen LogP contribution in [0.5, 0.6) is 0 Å². The van der Waals surface area contributed by atoms with Gasteiger partial charge in [0.25, 0.3) is 0 Å². The summed E-state index contributed by atoms with van der Waals surface area (Å²) in [6.45, 7) is -0.00860. The zero-order valence-electron chi connectivity index (χ0n) is 13.1. The number of hydrogen-bond donors (Lipinski definition) is 2. The van der Waals surface area contributed by atoms with E-state index in [0.717, 1.165) is 5.56 Å². The molecule has 2 aromatic carbocycles. The SMILES string of the molecule is COCC(=O)Nc1ccc(NC(=O)/C=C/c2ccccc2Cl)cc1. The van der Waals surface area contributed by atoms with Gasteiger partial charge in [-0.2, -0.15) is 0 Å². The van der Waals surface area contributed by atoms with E-state index in [9.17, 15) is 9.59 Å². The van der Waals surface area contributed by atoms with Gasteiger partial charge in [0, 0.05) is 29.6 Å². The summed E-state index contributed by atoms with van der Waals surface area (Å²) in [5.41, 5.74) is 2.01. The van der Waals surface area contributed by atoms with Gasteiger partial charge in [-0.1, -0.05) is 29.8 Å². The van der Waals surface area contributed by atoms with Crippen molar-refractivity contribution in [2.75, 3.05) is 24.4 Å². The molecule has 0 aliphatic rings. The van der Waals surface area contributed by atoms with Crippen molar-refractivity contribution in [2.24, 2.45) is 0 Å². The van der Waals surface area contributed by atoms with Crippen molar-refractivity contribution in [3.05, 3.63) is 65.2 Å². The van der Waals surface area contributed by atoms with Crippen LogP contribution in [-0.2, 0) is 14.3 Å². The quantitative estimate of drug-likeness (QED) is 0.787. The molecule has 0 radical (unpaired) electrons. The molecule has 0 aliphatic heterocycles. The van der Waals surface area contributed by atoms with Crippen LogP contribution in [-0.4, -0.2) is 25.5 Å². The molecule has 0 bridgehead atoms. The van der Waals surface area contributed by atoms with Crippen LogP contribution in [0.2, 0.25) is 5.02 Å². The van der Waals surface area contributed by atoms with Gasteiger partial charge in [0.15, 0.2) is 0 Å². The van der Waals surface area contributed by atoms with Crippen molar-refractivity contribution in [1.82, 2.24) is 0 Å². The van der Waals surface area contributed by atoms with Gasteiger partial charge in [0.05, 0.1) is 0 Å². The second kappa shape index (κ2) is 8.86. The van der Waals surface area contributed by atoms with Gasteiger partial charge in [0.1, 0.15) is 6.61 Å². The maximum Gasteiger partial charge on any atom is 0.250 e. The maximum absolute atomic E-state index is 11.9. The van der Waals surface area contributed by atoms with Crippen molar-refractivity contribution in [3.63, 3.8) is 0 Å². The van der Waals surface area contributed by atoms with E-state index in [-0.39, 0.29) is 18.4 Å². The Labute approximate surface area is 145 Å². The zero-order valence-corrected chi connectivity index (χ0v) is 13.8. The Morgan fingerprint density at radius 1 is 1.04 bits per heavy atom. The highest BCUT2D eigenvalue weighted by molar-refractivity contribution is 6.32. The average molecular weight is 345 g/mol. The Hall–Kier alpha value is -2.63. The van der Waals surface area contributed by atoms with Crippen LogP contribution < -0.4 is 10.6 Å². The third-order valence-electron chi connectivity index (χ3n) is 3.03. The van der Waals surface area contributed by atoms with Crippen LogP contribution >= 0.6 is 11.6 Å². The molecule has 6 heteroatoms. The Morgan fingerprint density at radius 2 is 1.67 bits per heavy atom. The summed E-state index contributed by atoms with van der Waals surface area (Å²) in [4.78, 5) is 23.3. The minimum Gasteiger partial charge on any atom is -0.375 e. The highest BCUT2D eigenvalue weighted by atomic mass is 35.5. The molecular weight excluding hydrogens is 328 g/mol. The molecule has 0 unspecified atom stereocenters. The lowest BCUT2D eigenvalue weighted by atomic mass is 10.2. The van der Waals surface area contributed by atoms with Crippen molar-refractivity contribution >= 4 is 40.9 Å². The average Bonchev–Trinajstić information content (AvgIpc) is 2.56. The number of methoxy groups -OCH3 is 1. The number of rotatable bonds is 6. The fraction of sp³-hybridized carbons (Fsp3) is 0.111. The molecule has 124 valence electrons. The predicted octanol–water partition coefficient (Wildman–Crippen LogP) is 3.58. The van der Waals surface area contributed by atoms with E-state index in [1.165, 1.54) is 13.2 Å². The first-order chi connectivity index (χ1) is 11.6. The monoisotopic (exact) mass is 344 g/mol. The molecule has 2 rings (SSSR count). The third-order valence-corrected chi connectivity index (χ3v) is 3.38. The molecule has 5 nitrogen and oxygen atoms in total. The minimum absolute atomic E-state index is 0.00860. The van der Waals surface area contributed by atoms with Crippen LogP contribution in [0.4, 0.5) is 11.4 Å². The Bertz CT molecular complexity index is 742. The summed E-state index contributed by atoms with van der Waals surface area (Å²) in [5, 5.41) is 5.98. The van der Waals surface area contributed by atoms with Crippen LogP contribution in [0.3, 0.4) is 0 Å². The minimum atomic E-state index is -0.272. The van der Waals surface area contributed by atoms with Gasteiger partial charge < -0.3 is 15.4 Å². The number of anilines is 2. The number of amides is 2. The van der Waals surface area contributed by atoms with Crippen LogP contribution in [0.25, 0.3) is 6.08 Å². The van der Waals surface area contributed by atoms with Crippen molar-refractivity contribution < 1.29 is 14.3 Å². The van der Waals surface area contributed by atoms with Crippen LogP contribution in [0.15, 0.2) is 54.6 Å². The third kappa shape index (κ3) is 5.53. The molecule has 2 N–H and O–H groups in total. The molecule has 0 spiro atoms. The van der Waals surface area contributed by atoms with E-state index < -0.39 is 0 Å². The summed E-state index contributed by atoms with van der Waals surface area (Å²) in [7, 11) is 1.45. The first kappa shape index (κ1) is 17.7. The molecule has 0 aromatic heterocycles. The second-order valence-corrected chi connectivity index (χ2v) is 5.31. The van der Waals surface area contributed by atoms with E-state index in [4.69, 9.17) is 16.3 Å². The van der Waals surface area contributed by atoms with Crippen molar-refractivity contribution in [2.45, 2.75) is 0 Å². The Balaban J connectivity index is 1.92. The highest BCUT2D eigenvalue weighted by Crippen LogP contribution is 2.17. The highest BCUT2D eigenvalue weighted by Gasteiger charge is 2.02. The zero-order chi connectivity index (χ0) is 17.4. The second-order valence-electron chi connectivity index (χ2n) is 4.90. The largest absolute Gasteiger partial charge is 0.375 e. The van der Waals surface area contributed by atoms with Gasteiger partial charge >= 0.3 is 0 Å². The number of halogens is 1. The van der Waals surface area contributed by atoms with E-state index >= 15 is 0 Å². The summed E-state index contributed by atoms with van der Waals surface area (Å²) in [6, 6.07) is 14.0. The molecule has 0 atom stereocenters. The van der Waals surface area contributed by atoms with E-state index in [1.54, 1.807) is 36.4 Å². The van der Waals surface area contributed by atoms with Crippen LogP contribution in [0, 0.1) is 0 Å². The Morgan fingerprint density at radius 3 is 2.29 bits per heavy atom. The van der Waals surface area contributed by atoms with Crippen molar-refractivity contribution in [1.29, 1.82) is 0 Å². The molecule has 0 saturated heterocycles. The van der Waals surface area contributed by atoms with Gasteiger partial charge in [-0.3, -0.25) is 9.59 Å². The molecule has 0 heterocycles. The molecule has 0 saturated carbocycles. The summed E-state index contributed by atoms with van der Waals surface area (Å²) in [6.07, 6.45) is 3.06. The summed E-state index contributed by atoms with van der Waals surface area (Å²) >= 11 is 6.02. The van der Waals surface area contributed by atoms with E-state index in [2.05, 4.69) is 10.6 Å². The standard InChI is InChI=1S/C18H17ClN2O3/c1-24-12-18(23)21-15-9-7-14(8-10-15)20-17(22)11-6-13-4-2-3-5-16(13)19/h2-11H,12H2,1H3,(H,20,22)(H,21,23)/b11-6+. The molecule has 0 aliphatic carbocycles. The van der Waals surface area contributed by atoms with Gasteiger partial charge in [-0.25, -0.2) is 0 Å². The van der Waals surface area contributed by atoms with Crippen molar-refractivity contribution in [3.8, 4) is 0 Å². The lowest BCUT2D eigenvalue weighted by Crippen LogP contribution is -2.17. The number of carbonyl (C=O) groups excluding carboxylic acids is 2. The summed E-state index contributed by atoms with van der Waals surface area (Å²) in [5.74, 6) is -0.511. The smallest absolute Gasteiger partial charge is 0.250 e. The first-order valence-corrected chi connectivity index (χ1v) is 7.59. The number of ether oxygens (including phenoxy) is 1. The number of benzene rings is 2. The number of nitrogens with one attached hydrogen (secondary N) is 2. The molecule has 0 fully saturated rings.